The lowest BCUT2D eigenvalue weighted by Crippen LogP contribution is -2.33. The molecular formula is C27H26N2O3. The van der Waals surface area contributed by atoms with E-state index in [4.69, 9.17) is 4.42 Å². The van der Waals surface area contributed by atoms with E-state index in [2.05, 4.69) is 16.0 Å². The molecule has 1 fully saturated rings. The van der Waals surface area contributed by atoms with Crippen LogP contribution in [0, 0.1) is 6.92 Å². The second-order valence-corrected chi connectivity index (χ2v) is 8.46. The number of hydrogen-bond acceptors (Lipinski definition) is 5. The fourth-order valence-corrected chi connectivity index (χ4v) is 4.89. The molecule has 5 heteroatoms. The zero-order valence-electron chi connectivity index (χ0n) is 18.1. The average molecular weight is 427 g/mol. The van der Waals surface area contributed by atoms with E-state index in [1.54, 1.807) is 12.3 Å². The topological polar surface area (TPSA) is 66.6 Å². The standard InChI is InChI=1S/C27H26N2O3/c1-18-21-12-13-24(30)22(26(21)32-27(31)25(18)19-8-3-2-4-9-19)17-29-15-6-5-11-23(29)20-10-7-14-28-16-20/h2-4,7-10,12-14,16,23,30H,5-6,11,15,17H2,1H3/t23-/m0/s1. The van der Waals surface area contributed by atoms with Crippen molar-refractivity contribution in [1.82, 2.24) is 9.88 Å². The number of likely N-dealkylation sites (tertiary alicyclic amines) is 1. The number of aromatic nitrogens is 1. The van der Waals surface area contributed by atoms with Crippen molar-refractivity contribution in [3.05, 3.63) is 94.1 Å². The Hall–Kier alpha value is -3.44. The van der Waals surface area contributed by atoms with Crippen LogP contribution in [0.2, 0.25) is 0 Å². The Morgan fingerprint density at radius 1 is 1.09 bits per heavy atom. The average Bonchev–Trinajstić information content (AvgIpc) is 2.82. The molecule has 1 N–H and O–H groups in total. The minimum atomic E-state index is -0.379. The predicted octanol–water partition coefficient (Wildman–Crippen LogP) is 5.60. The molecule has 0 aliphatic carbocycles. The Kier molecular flexibility index (Phi) is 5.50. The third-order valence-electron chi connectivity index (χ3n) is 6.52. The van der Waals surface area contributed by atoms with E-state index in [0.717, 1.165) is 42.3 Å². The Balaban J connectivity index is 1.60. The van der Waals surface area contributed by atoms with Crippen molar-refractivity contribution in [3.8, 4) is 16.9 Å². The molecule has 0 radical (unpaired) electrons. The van der Waals surface area contributed by atoms with Crippen molar-refractivity contribution < 1.29 is 9.52 Å². The minimum absolute atomic E-state index is 0.156. The molecular weight excluding hydrogens is 400 g/mol. The molecule has 0 unspecified atom stereocenters. The van der Waals surface area contributed by atoms with Crippen molar-refractivity contribution in [2.24, 2.45) is 0 Å². The van der Waals surface area contributed by atoms with E-state index in [0.29, 0.717) is 23.3 Å². The summed E-state index contributed by atoms with van der Waals surface area (Å²) >= 11 is 0. The van der Waals surface area contributed by atoms with Gasteiger partial charge < -0.3 is 9.52 Å². The second-order valence-electron chi connectivity index (χ2n) is 8.46. The van der Waals surface area contributed by atoms with Crippen LogP contribution in [0.5, 0.6) is 5.75 Å². The molecule has 32 heavy (non-hydrogen) atoms. The summed E-state index contributed by atoms with van der Waals surface area (Å²) in [5, 5.41) is 11.6. The van der Waals surface area contributed by atoms with Crippen LogP contribution in [0.1, 0.15) is 42.0 Å². The molecule has 1 aliphatic heterocycles. The summed E-state index contributed by atoms with van der Waals surface area (Å²) in [5.41, 5.74) is 4.21. The summed E-state index contributed by atoms with van der Waals surface area (Å²) in [5.74, 6) is 0.156. The predicted molar refractivity (Wildman–Crippen MR) is 126 cm³/mol. The first-order chi connectivity index (χ1) is 15.6. The van der Waals surface area contributed by atoms with Crippen molar-refractivity contribution in [2.75, 3.05) is 6.54 Å². The molecule has 1 saturated heterocycles. The first kappa shape index (κ1) is 20.5. The number of rotatable bonds is 4. The highest BCUT2D eigenvalue weighted by atomic mass is 16.4. The fourth-order valence-electron chi connectivity index (χ4n) is 4.89. The summed E-state index contributed by atoms with van der Waals surface area (Å²) in [7, 11) is 0. The number of phenolic OH excluding ortho intramolecular Hbond substituents is 1. The van der Waals surface area contributed by atoms with E-state index < -0.39 is 0 Å². The maximum absolute atomic E-state index is 13.0. The van der Waals surface area contributed by atoms with Crippen LogP contribution in [0.4, 0.5) is 0 Å². The maximum atomic E-state index is 13.0. The quantitative estimate of drug-likeness (QED) is 0.431. The highest BCUT2D eigenvalue weighted by molar-refractivity contribution is 5.89. The molecule has 0 amide bonds. The lowest BCUT2D eigenvalue weighted by molar-refractivity contribution is 0.139. The summed E-state index contributed by atoms with van der Waals surface area (Å²) in [6.45, 7) is 3.37. The van der Waals surface area contributed by atoms with E-state index in [1.165, 1.54) is 5.56 Å². The number of aryl methyl sites for hydroxylation is 1. The molecule has 3 heterocycles. The van der Waals surface area contributed by atoms with Gasteiger partial charge in [-0.15, -0.1) is 0 Å². The molecule has 0 saturated carbocycles. The number of hydrogen-bond donors (Lipinski definition) is 1. The summed E-state index contributed by atoms with van der Waals surface area (Å²) < 4.78 is 5.87. The van der Waals surface area contributed by atoms with E-state index >= 15 is 0 Å². The number of aromatic hydroxyl groups is 1. The third-order valence-corrected chi connectivity index (χ3v) is 6.52. The molecule has 2 aromatic heterocycles. The second kappa shape index (κ2) is 8.60. The molecule has 5 nitrogen and oxygen atoms in total. The largest absolute Gasteiger partial charge is 0.507 e. The van der Waals surface area contributed by atoms with Crippen LogP contribution in [0.15, 0.2) is 76.2 Å². The summed E-state index contributed by atoms with van der Waals surface area (Å²) in [6.07, 6.45) is 7.01. The van der Waals surface area contributed by atoms with Gasteiger partial charge >= 0.3 is 5.63 Å². The number of phenols is 1. The molecule has 1 aliphatic rings. The zero-order valence-corrected chi connectivity index (χ0v) is 18.1. The third kappa shape index (κ3) is 3.69. The molecule has 162 valence electrons. The smallest absolute Gasteiger partial charge is 0.344 e. The first-order valence-electron chi connectivity index (χ1n) is 11.1. The van der Waals surface area contributed by atoms with Crippen molar-refractivity contribution >= 4 is 11.0 Å². The van der Waals surface area contributed by atoms with Gasteiger partial charge in [0, 0.05) is 30.4 Å². The van der Waals surface area contributed by atoms with E-state index in [9.17, 15) is 9.90 Å². The van der Waals surface area contributed by atoms with Gasteiger partial charge in [0.1, 0.15) is 11.3 Å². The van der Waals surface area contributed by atoms with Gasteiger partial charge in [-0.1, -0.05) is 42.8 Å². The first-order valence-corrected chi connectivity index (χ1v) is 11.1. The summed E-state index contributed by atoms with van der Waals surface area (Å²) in [6, 6.07) is 17.4. The SMILES string of the molecule is Cc1c(-c2ccccc2)c(=O)oc2c(CN3CCCC[C@H]3c3cccnc3)c(O)ccc12. The summed E-state index contributed by atoms with van der Waals surface area (Å²) in [4.78, 5) is 19.7. The molecule has 4 aromatic rings. The number of pyridine rings is 1. The van der Waals surface area contributed by atoms with Crippen LogP contribution in [0.3, 0.4) is 0 Å². The Morgan fingerprint density at radius 2 is 1.94 bits per heavy atom. The Bertz CT molecular complexity index is 1300. The molecule has 5 rings (SSSR count). The number of nitrogens with zero attached hydrogens (tertiary/aromatic N) is 2. The molecule has 0 bridgehead atoms. The van der Waals surface area contributed by atoms with Crippen LogP contribution < -0.4 is 5.63 Å². The van der Waals surface area contributed by atoms with Gasteiger partial charge in [-0.3, -0.25) is 9.88 Å². The lowest BCUT2D eigenvalue weighted by atomic mass is 9.94. The van der Waals surface area contributed by atoms with Crippen LogP contribution in [-0.2, 0) is 6.54 Å². The van der Waals surface area contributed by atoms with Crippen LogP contribution in [-0.4, -0.2) is 21.5 Å². The van der Waals surface area contributed by atoms with Crippen molar-refractivity contribution in [3.63, 3.8) is 0 Å². The van der Waals surface area contributed by atoms with Gasteiger partial charge in [-0.2, -0.15) is 0 Å². The van der Waals surface area contributed by atoms with E-state index in [-0.39, 0.29) is 17.4 Å². The van der Waals surface area contributed by atoms with Gasteiger partial charge in [0.25, 0.3) is 0 Å². The Labute approximate surface area is 187 Å². The van der Waals surface area contributed by atoms with Gasteiger partial charge in [0.2, 0.25) is 0 Å². The zero-order chi connectivity index (χ0) is 22.1. The van der Waals surface area contributed by atoms with Crippen LogP contribution >= 0.6 is 0 Å². The van der Waals surface area contributed by atoms with Crippen molar-refractivity contribution in [1.29, 1.82) is 0 Å². The highest BCUT2D eigenvalue weighted by Gasteiger charge is 2.27. The number of piperidine rings is 1. The Morgan fingerprint density at radius 3 is 2.72 bits per heavy atom. The van der Waals surface area contributed by atoms with Gasteiger partial charge in [0.15, 0.2) is 0 Å². The minimum Gasteiger partial charge on any atom is -0.507 e. The van der Waals surface area contributed by atoms with Gasteiger partial charge in [-0.25, -0.2) is 4.79 Å². The lowest BCUT2D eigenvalue weighted by Gasteiger charge is -2.36. The normalized spacial score (nSPS) is 17.0. The van der Waals surface area contributed by atoms with Gasteiger partial charge in [0.05, 0.1) is 11.1 Å². The molecule has 0 spiro atoms. The monoisotopic (exact) mass is 426 g/mol. The van der Waals surface area contributed by atoms with Crippen molar-refractivity contribution in [2.45, 2.75) is 38.8 Å². The van der Waals surface area contributed by atoms with Gasteiger partial charge in [-0.05, 0) is 61.2 Å². The number of fused-ring (bicyclic) bond motifs is 1. The number of benzene rings is 2. The molecule has 1 atom stereocenters. The highest BCUT2D eigenvalue weighted by Crippen LogP contribution is 2.37. The fraction of sp³-hybridized carbons (Fsp3) is 0.259. The van der Waals surface area contributed by atoms with Crippen LogP contribution in [0.25, 0.3) is 22.1 Å². The maximum Gasteiger partial charge on any atom is 0.344 e. The molecule has 2 aromatic carbocycles. The van der Waals surface area contributed by atoms with E-state index in [1.807, 2.05) is 55.6 Å².